The number of rotatable bonds is 9. The van der Waals surface area contributed by atoms with E-state index in [2.05, 4.69) is 10.6 Å². The molecule has 0 aliphatic carbocycles. The van der Waals surface area contributed by atoms with Gasteiger partial charge in [0.15, 0.2) is 0 Å². The van der Waals surface area contributed by atoms with Gasteiger partial charge in [0, 0.05) is 44.8 Å². The number of hydrogen-bond donors (Lipinski definition) is 2. The summed E-state index contributed by atoms with van der Waals surface area (Å²) in [4.78, 5) is 12.2. The zero-order valence-corrected chi connectivity index (χ0v) is 27.1. The molecule has 0 fully saturated rings. The smallest absolute Gasteiger partial charge is 0.407 e. The van der Waals surface area contributed by atoms with Gasteiger partial charge < -0.3 is 20.1 Å². The third kappa shape index (κ3) is 7.07. The van der Waals surface area contributed by atoms with Crippen LogP contribution in [0.4, 0.5) is 16.2 Å². The van der Waals surface area contributed by atoms with E-state index in [1.54, 1.807) is 81.4 Å². The first-order valence-electron chi connectivity index (χ1n) is 14.0. The van der Waals surface area contributed by atoms with Crippen LogP contribution in [0.25, 0.3) is 21.8 Å². The minimum absolute atomic E-state index is 0.146. The molecule has 0 radical (unpaired) electrons. The number of carbonyl (C=O) groups is 1. The number of aryl methyl sites for hydroxylation is 1. The lowest BCUT2D eigenvalue weighted by atomic mass is 10.1. The van der Waals surface area contributed by atoms with Crippen LogP contribution in [0.15, 0.2) is 83.8 Å². The second-order valence-electron chi connectivity index (χ2n) is 11.4. The zero-order valence-electron chi connectivity index (χ0n) is 24.8. The van der Waals surface area contributed by atoms with E-state index in [4.69, 9.17) is 32.7 Å². The maximum atomic E-state index is 14.2. The molecule has 4 aromatic carbocycles. The summed E-state index contributed by atoms with van der Waals surface area (Å²) in [6.07, 6.45) is -0.0675. The molecule has 0 unspecified atom stereocenters. The summed E-state index contributed by atoms with van der Waals surface area (Å²) < 4.78 is 41.4. The van der Waals surface area contributed by atoms with Crippen LogP contribution in [0.3, 0.4) is 0 Å². The Morgan fingerprint density at radius 2 is 1.55 bits per heavy atom. The molecule has 5 rings (SSSR count). The zero-order chi connectivity index (χ0) is 31.6. The lowest BCUT2D eigenvalue weighted by Crippen LogP contribution is -2.33. The molecule has 1 amide bonds. The maximum absolute atomic E-state index is 14.2. The highest BCUT2D eigenvalue weighted by Crippen LogP contribution is 2.41. The lowest BCUT2D eigenvalue weighted by Gasteiger charge is -2.19. The molecule has 0 atom stereocenters. The number of fused-ring (bicyclic) bond motifs is 3. The van der Waals surface area contributed by atoms with E-state index in [0.29, 0.717) is 56.3 Å². The Balaban J connectivity index is 1.59. The molecule has 0 spiro atoms. The highest BCUT2D eigenvalue weighted by Gasteiger charge is 2.27. The van der Waals surface area contributed by atoms with Crippen LogP contribution in [0.5, 0.6) is 5.75 Å². The first-order chi connectivity index (χ1) is 20.8. The van der Waals surface area contributed by atoms with E-state index in [1.807, 2.05) is 25.1 Å². The number of carbonyl (C=O) groups excluding carboxylic acids is 1. The third-order valence-electron chi connectivity index (χ3n) is 6.68. The Kier molecular flexibility index (Phi) is 9.02. The fraction of sp³-hybridized carbons (Fsp3) is 0.242. The van der Waals surface area contributed by atoms with Crippen LogP contribution >= 0.6 is 23.2 Å². The molecule has 5 aromatic rings. The summed E-state index contributed by atoms with van der Waals surface area (Å²) in [7, 11) is -4.06. The number of nitrogens with zero attached hydrogens (tertiary/aromatic N) is 1. The average molecular weight is 655 g/mol. The SMILES string of the molecule is Cc1ccc(S(=O)(=O)n2c3ccc(Cl)cc3c3cc(Nc4ccc(Cl)cc4)cc(OCCCNC(=O)OC(C)(C)C)c32)cc1. The normalized spacial score (nSPS) is 12.0. The maximum Gasteiger partial charge on any atom is 0.407 e. The number of hydrogen-bond acceptors (Lipinski definition) is 6. The standard InChI is InChI=1S/C33H33Cl2N3O5S/c1-21-6-13-26(14-7-21)44(40,41)38-29-15-10-23(35)18-27(29)28-19-25(37-24-11-8-22(34)9-12-24)20-30(31(28)38)42-17-5-16-36-32(39)43-33(2,3)4/h6-15,18-20,37H,5,16-17H2,1-4H3,(H,36,39). The van der Waals surface area contributed by atoms with Crippen LogP contribution in [0, 0.1) is 6.92 Å². The van der Waals surface area contributed by atoms with Gasteiger partial charge in [-0.15, -0.1) is 0 Å². The topological polar surface area (TPSA) is 98.7 Å². The number of alkyl carbamates (subject to hydrolysis) is 1. The van der Waals surface area contributed by atoms with Gasteiger partial charge in [-0.3, -0.25) is 0 Å². The van der Waals surface area contributed by atoms with Gasteiger partial charge in [0.25, 0.3) is 10.0 Å². The van der Waals surface area contributed by atoms with Crippen molar-refractivity contribution >= 4 is 72.5 Å². The van der Waals surface area contributed by atoms with Gasteiger partial charge in [0.05, 0.1) is 17.0 Å². The van der Waals surface area contributed by atoms with Gasteiger partial charge in [0.1, 0.15) is 16.9 Å². The fourth-order valence-electron chi connectivity index (χ4n) is 4.75. The molecule has 44 heavy (non-hydrogen) atoms. The largest absolute Gasteiger partial charge is 0.491 e. The summed E-state index contributed by atoms with van der Waals surface area (Å²) in [5.41, 5.74) is 2.64. The minimum Gasteiger partial charge on any atom is -0.491 e. The van der Waals surface area contributed by atoms with E-state index < -0.39 is 21.7 Å². The van der Waals surface area contributed by atoms with Crippen molar-refractivity contribution in [1.29, 1.82) is 0 Å². The lowest BCUT2D eigenvalue weighted by molar-refractivity contribution is 0.0525. The summed E-state index contributed by atoms with van der Waals surface area (Å²) >= 11 is 12.5. The van der Waals surface area contributed by atoms with Crippen molar-refractivity contribution in [2.75, 3.05) is 18.5 Å². The van der Waals surface area contributed by atoms with Crippen molar-refractivity contribution in [1.82, 2.24) is 9.29 Å². The van der Waals surface area contributed by atoms with Gasteiger partial charge in [-0.2, -0.15) is 0 Å². The minimum atomic E-state index is -4.06. The van der Waals surface area contributed by atoms with E-state index in [9.17, 15) is 13.2 Å². The summed E-state index contributed by atoms with van der Waals surface area (Å²) in [6.45, 7) is 7.79. The van der Waals surface area contributed by atoms with Crippen molar-refractivity contribution in [3.05, 3.63) is 94.5 Å². The van der Waals surface area contributed by atoms with Crippen LogP contribution in [0.2, 0.25) is 10.0 Å². The Morgan fingerprint density at radius 3 is 2.23 bits per heavy atom. The predicted molar refractivity (Wildman–Crippen MR) is 177 cm³/mol. The number of halogens is 2. The van der Waals surface area contributed by atoms with E-state index in [1.165, 1.54) is 3.97 Å². The number of anilines is 2. The van der Waals surface area contributed by atoms with Crippen molar-refractivity contribution in [2.24, 2.45) is 0 Å². The number of nitrogens with one attached hydrogen (secondary N) is 2. The van der Waals surface area contributed by atoms with Crippen molar-refractivity contribution in [3.8, 4) is 5.75 Å². The molecule has 8 nitrogen and oxygen atoms in total. The Hall–Kier alpha value is -3.92. The first-order valence-corrected chi connectivity index (χ1v) is 16.2. The Morgan fingerprint density at radius 1 is 0.864 bits per heavy atom. The first kappa shape index (κ1) is 31.5. The van der Waals surface area contributed by atoms with Crippen molar-refractivity contribution in [3.63, 3.8) is 0 Å². The number of ether oxygens (including phenoxy) is 2. The van der Waals surface area contributed by atoms with Crippen LogP contribution in [-0.2, 0) is 14.8 Å². The predicted octanol–water partition coefficient (Wildman–Crippen LogP) is 8.68. The van der Waals surface area contributed by atoms with Gasteiger partial charge in [-0.05, 0) is 94.8 Å². The molecule has 11 heteroatoms. The Labute approximate surface area is 266 Å². The van der Waals surface area contributed by atoms with Gasteiger partial charge in [-0.25, -0.2) is 17.2 Å². The quantitative estimate of drug-likeness (QED) is 0.154. The van der Waals surface area contributed by atoms with Crippen LogP contribution in [-0.4, -0.2) is 37.2 Å². The van der Waals surface area contributed by atoms with E-state index in [-0.39, 0.29) is 11.5 Å². The average Bonchev–Trinajstić information content (AvgIpc) is 3.28. The second kappa shape index (κ2) is 12.6. The second-order valence-corrected chi connectivity index (χ2v) is 14.0. The summed E-state index contributed by atoms with van der Waals surface area (Å²) in [5, 5.41) is 8.45. The van der Waals surface area contributed by atoms with E-state index in [0.717, 1.165) is 11.3 Å². The van der Waals surface area contributed by atoms with Crippen LogP contribution in [0.1, 0.15) is 32.8 Å². The molecule has 1 aromatic heterocycles. The molecule has 0 saturated heterocycles. The Bertz CT molecular complexity index is 1930. The molecule has 230 valence electrons. The third-order valence-corrected chi connectivity index (χ3v) is 8.90. The molecule has 1 heterocycles. The number of aromatic nitrogens is 1. The van der Waals surface area contributed by atoms with Gasteiger partial charge >= 0.3 is 6.09 Å². The molecular weight excluding hydrogens is 621 g/mol. The molecule has 0 bridgehead atoms. The van der Waals surface area contributed by atoms with Crippen molar-refractivity contribution < 1.29 is 22.7 Å². The number of benzene rings is 4. The highest BCUT2D eigenvalue weighted by molar-refractivity contribution is 7.90. The molecule has 0 aliphatic rings. The van der Waals surface area contributed by atoms with Gasteiger partial charge in [-0.1, -0.05) is 40.9 Å². The highest BCUT2D eigenvalue weighted by atomic mass is 35.5. The number of amides is 1. The molecular formula is C33H33Cl2N3O5S. The van der Waals surface area contributed by atoms with E-state index >= 15 is 0 Å². The van der Waals surface area contributed by atoms with Crippen LogP contribution < -0.4 is 15.4 Å². The van der Waals surface area contributed by atoms with Crippen molar-refractivity contribution in [2.45, 2.75) is 44.6 Å². The molecule has 0 saturated carbocycles. The summed E-state index contributed by atoms with van der Waals surface area (Å²) in [5.74, 6) is 0.347. The summed E-state index contributed by atoms with van der Waals surface area (Å²) in [6, 6.07) is 22.7. The van der Waals surface area contributed by atoms with Gasteiger partial charge in [0.2, 0.25) is 0 Å². The monoisotopic (exact) mass is 653 g/mol. The molecule has 2 N–H and O–H groups in total. The molecule has 0 aliphatic heterocycles. The fourth-order valence-corrected chi connectivity index (χ4v) is 6.59.